The number of aromatic nitrogens is 2. The number of thioether (sulfide) groups is 1. The van der Waals surface area contributed by atoms with E-state index in [9.17, 15) is 0 Å². The number of hydrogen-bond acceptors (Lipinski definition) is 6. The Hall–Kier alpha value is -0.560. The summed E-state index contributed by atoms with van der Waals surface area (Å²) in [4.78, 5) is 8.02. The van der Waals surface area contributed by atoms with Crippen LogP contribution in [-0.2, 0) is 4.74 Å². The number of nitrogen functional groups attached to an aromatic ring is 1. The molecule has 0 aromatic carbocycles. The minimum atomic E-state index is 0.369. The second-order valence-electron chi connectivity index (χ2n) is 2.69. The zero-order valence-electron chi connectivity index (χ0n) is 8.36. The van der Waals surface area contributed by atoms with Crippen LogP contribution in [0.1, 0.15) is 6.42 Å². The molecule has 1 aromatic heterocycles. The molecular formula is C8H13ClN4OS. The first kappa shape index (κ1) is 12.5. The molecule has 0 amide bonds. The maximum absolute atomic E-state index is 5.92. The SMILES string of the molecule is COCCCSc1nc(NN)ncc1Cl. The van der Waals surface area contributed by atoms with Gasteiger partial charge in [-0.25, -0.2) is 15.8 Å². The van der Waals surface area contributed by atoms with Gasteiger partial charge in [-0.05, 0) is 6.42 Å². The van der Waals surface area contributed by atoms with E-state index in [1.807, 2.05) is 0 Å². The molecule has 3 N–H and O–H groups in total. The number of halogens is 1. The molecule has 0 fully saturated rings. The fourth-order valence-corrected chi connectivity index (χ4v) is 1.95. The first-order valence-corrected chi connectivity index (χ1v) is 5.75. The van der Waals surface area contributed by atoms with Crippen molar-refractivity contribution in [1.82, 2.24) is 9.97 Å². The molecular weight excluding hydrogens is 236 g/mol. The number of methoxy groups -OCH3 is 1. The lowest BCUT2D eigenvalue weighted by Crippen LogP contribution is -2.10. The van der Waals surface area contributed by atoms with Crippen LogP contribution in [0.25, 0.3) is 0 Å². The summed E-state index contributed by atoms with van der Waals surface area (Å²) in [5.74, 6) is 6.46. The summed E-state index contributed by atoms with van der Waals surface area (Å²) in [5, 5.41) is 1.27. The highest BCUT2D eigenvalue weighted by Crippen LogP contribution is 2.25. The quantitative estimate of drug-likeness (QED) is 0.262. The van der Waals surface area contributed by atoms with Crippen LogP contribution >= 0.6 is 23.4 Å². The molecule has 1 aromatic rings. The lowest BCUT2D eigenvalue weighted by atomic mass is 10.5. The van der Waals surface area contributed by atoms with Gasteiger partial charge in [-0.2, -0.15) is 0 Å². The molecule has 0 aliphatic rings. The number of nitrogens with two attached hydrogens (primary N) is 1. The molecule has 0 spiro atoms. The van der Waals surface area contributed by atoms with E-state index in [-0.39, 0.29) is 0 Å². The van der Waals surface area contributed by atoms with Crippen molar-refractivity contribution in [1.29, 1.82) is 0 Å². The number of ether oxygens (including phenoxy) is 1. The molecule has 0 bridgehead atoms. The fourth-order valence-electron chi connectivity index (χ4n) is 0.894. The van der Waals surface area contributed by atoms with E-state index in [2.05, 4.69) is 15.4 Å². The van der Waals surface area contributed by atoms with Crippen LogP contribution in [0.4, 0.5) is 5.95 Å². The Bertz CT molecular complexity index is 313. The first-order chi connectivity index (χ1) is 7.27. The molecule has 1 heterocycles. The van der Waals surface area contributed by atoms with Gasteiger partial charge in [0.2, 0.25) is 5.95 Å². The molecule has 15 heavy (non-hydrogen) atoms. The fraction of sp³-hybridized carbons (Fsp3) is 0.500. The van der Waals surface area contributed by atoms with Gasteiger partial charge in [0.05, 0.1) is 11.2 Å². The predicted molar refractivity (Wildman–Crippen MR) is 62.1 cm³/mol. The van der Waals surface area contributed by atoms with Crippen molar-refractivity contribution >= 4 is 29.3 Å². The predicted octanol–water partition coefficient (Wildman–Crippen LogP) is 1.54. The maximum Gasteiger partial charge on any atom is 0.238 e. The Balaban J connectivity index is 2.51. The molecule has 5 nitrogen and oxygen atoms in total. The number of nitrogens with one attached hydrogen (secondary N) is 1. The maximum atomic E-state index is 5.92. The zero-order valence-corrected chi connectivity index (χ0v) is 9.94. The van der Waals surface area contributed by atoms with Crippen molar-refractivity contribution in [3.05, 3.63) is 11.2 Å². The number of hydrogen-bond donors (Lipinski definition) is 2. The Morgan fingerprint density at radius 2 is 2.47 bits per heavy atom. The topological polar surface area (TPSA) is 73.1 Å². The molecule has 7 heteroatoms. The smallest absolute Gasteiger partial charge is 0.238 e. The van der Waals surface area contributed by atoms with Gasteiger partial charge in [-0.3, -0.25) is 5.43 Å². The minimum absolute atomic E-state index is 0.369. The van der Waals surface area contributed by atoms with E-state index in [1.165, 1.54) is 6.20 Å². The third kappa shape index (κ3) is 4.21. The van der Waals surface area contributed by atoms with Crippen LogP contribution in [0, 0.1) is 0 Å². The number of rotatable bonds is 6. The number of anilines is 1. The van der Waals surface area contributed by atoms with Crippen molar-refractivity contribution < 1.29 is 4.74 Å². The molecule has 0 aliphatic carbocycles. The summed E-state index contributed by atoms with van der Waals surface area (Å²) in [6, 6.07) is 0. The van der Waals surface area contributed by atoms with E-state index in [0.717, 1.165) is 23.8 Å². The minimum Gasteiger partial charge on any atom is -0.385 e. The van der Waals surface area contributed by atoms with Crippen molar-refractivity contribution in [2.75, 3.05) is 24.9 Å². The zero-order chi connectivity index (χ0) is 11.1. The van der Waals surface area contributed by atoms with Gasteiger partial charge in [-0.15, -0.1) is 11.8 Å². The third-order valence-electron chi connectivity index (χ3n) is 1.57. The summed E-state index contributed by atoms with van der Waals surface area (Å²) in [7, 11) is 1.68. The van der Waals surface area contributed by atoms with Crippen LogP contribution in [0.15, 0.2) is 11.2 Å². The summed E-state index contributed by atoms with van der Waals surface area (Å²) in [6.07, 6.45) is 2.48. The molecule has 0 atom stereocenters. The van der Waals surface area contributed by atoms with Crippen molar-refractivity contribution in [2.24, 2.45) is 5.84 Å². The van der Waals surface area contributed by atoms with Crippen molar-refractivity contribution in [2.45, 2.75) is 11.4 Å². The van der Waals surface area contributed by atoms with Crippen molar-refractivity contribution in [3.8, 4) is 0 Å². The van der Waals surface area contributed by atoms with Crippen molar-refractivity contribution in [3.63, 3.8) is 0 Å². The largest absolute Gasteiger partial charge is 0.385 e. The second kappa shape index (κ2) is 6.84. The molecule has 0 saturated heterocycles. The lowest BCUT2D eigenvalue weighted by molar-refractivity contribution is 0.200. The van der Waals surface area contributed by atoms with E-state index >= 15 is 0 Å². The Morgan fingerprint density at radius 1 is 1.67 bits per heavy atom. The van der Waals surface area contributed by atoms with Gasteiger partial charge in [0.1, 0.15) is 5.03 Å². The summed E-state index contributed by atoms with van der Waals surface area (Å²) >= 11 is 7.48. The van der Waals surface area contributed by atoms with E-state index in [4.69, 9.17) is 22.2 Å². The van der Waals surface area contributed by atoms with Gasteiger partial charge in [0, 0.05) is 19.5 Å². The number of nitrogens with zero attached hydrogens (tertiary/aromatic N) is 2. The van der Waals surface area contributed by atoms with E-state index in [0.29, 0.717) is 11.0 Å². The first-order valence-electron chi connectivity index (χ1n) is 4.39. The summed E-state index contributed by atoms with van der Waals surface area (Å²) in [6.45, 7) is 0.734. The van der Waals surface area contributed by atoms with E-state index < -0.39 is 0 Å². The van der Waals surface area contributed by atoms with Gasteiger partial charge in [-0.1, -0.05) is 11.6 Å². The summed E-state index contributed by atoms with van der Waals surface area (Å²) in [5.41, 5.74) is 2.38. The molecule has 0 aliphatic heterocycles. The Kier molecular flexibility index (Phi) is 5.70. The average Bonchev–Trinajstić information content (AvgIpc) is 2.26. The van der Waals surface area contributed by atoms with Crippen LogP contribution in [0.2, 0.25) is 5.02 Å². The Labute approximate surface area is 97.7 Å². The normalized spacial score (nSPS) is 10.3. The van der Waals surface area contributed by atoms with Crippen LogP contribution in [0.5, 0.6) is 0 Å². The summed E-state index contributed by atoms with van der Waals surface area (Å²) < 4.78 is 4.94. The molecule has 0 radical (unpaired) electrons. The average molecular weight is 249 g/mol. The van der Waals surface area contributed by atoms with Gasteiger partial charge < -0.3 is 4.74 Å². The van der Waals surface area contributed by atoms with Gasteiger partial charge >= 0.3 is 0 Å². The standard InChI is InChI=1S/C8H13ClN4OS/c1-14-3-2-4-15-7-6(9)5-11-8(12-7)13-10/h5H,2-4,10H2,1H3,(H,11,12,13). The highest BCUT2D eigenvalue weighted by molar-refractivity contribution is 7.99. The Morgan fingerprint density at radius 3 is 3.13 bits per heavy atom. The third-order valence-corrected chi connectivity index (χ3v) is 3.04. The van der Waals surface area contributed by atoms with Gasteiger partial charge in [0.25, 0.3) is 0 Å². The van der Waals surface area contributed by atoms with Crippen LogP contribution in [0.3, 0.4) is 0 Å². The molecule has 0 saturated carbocycles. The number of hydrazine groups is 1. The molecule has 84 valence electrons. The second-order valence-corrected chi connectivity index (χ2v) is 4.18. The van der Waals surface area contributed by atoms with Crippen LogP contribution < -0.4 is 11.3 Å². The van der Waals surface area contributed by atoms with E-state index in [1.54, 1.807) is 18.9 Å². The van der Waals surface area contributed by atoms with Gasteiger partial charge in [0.15, 0.2) is 0 Å². The lowest BCUT2D eigenvalue weighted by Gasteiger charge is -2.04. The van der Waals surface area contributed by atoms with Crippen LogP contribution in [-0.4, -0.2) is 29.4 Å². The highest BCUT2D eigenvalue weighted by atomic mass is 35.5. The molecule has 0 unspecified atom stereocenters. The monoisotopic (exact) mass is 248 g/mol. The highest BCUT2D eigenvalue weighted by Gasteiger charge is 2.04. The molecule has 1 rings (SSSR count).